The molecule has 3 heterocycles. The van der Waals surface area contributed by atoms with E-state index in [1.165, 1.54) is 7.11 Å². The summed E-state index contributed by atoms with van der Waals surface area (Å²) < 4.78 is 10.3. The first-order valence-electron chi connectivity index (χ1n) is 10.1. The lowest BCUT2D eigenvalue weighted by Crippen LogP contribution is -2.53. The van der Waals surface area contributed by atoms with Gasteiger partial charge in [-0.3, -0.25) is 9.89 Å². The van der Waals surface area contributed by atoms with E-state index in [1.807, 2.05) is 11.8 Å². The summed E-state index contributed by atoms with van der Waals surface area (Å²) in [6.07, 6.45) is 1.61. The van der Waals surface area contributed by atoms with E-state index in [4.69, 9.17) is 9.47 Å². The summed E-state index contributed by atoms with van der Waals surface area (Å²) in [4.78, 5) is 35.6. The Bertz CT molecular complexity index is 911. The summed E-state index contributed by atoms with van der Waals surface area (Å²) in [6, 6.07) is 3.25. The van der Waals surface area contributed by atoms with Crippen molar-refractivity contribution in [2.45, 2.75) is 45.8 Å². The molecule has 11 heteroatoms. The maximum atomic E-state index is 12.3. The van der Waals surface area contributed by atoms with Gasteiger partial charge in [0.1, 0.15) is 11.4 Å². The van der Waals surface area contributed by atoms with Gasteiger partial charge >= 0.3 is 12.1 Å². The normalized spacial score (nSPS) is 18.9. The zero-order valence-electron chi connectivity index (χ0n) is 18.4. The third-order valence-electron chi connectivity index (χ3n) is 4.59. The molecule has 0 radical (unpaired) electrons. The van der Waals surface area contributed by atoms with Crippen molar-refractivity contribution in [1.29, 1.82) is 0 Å². The van der Waals surface area contributed by atoms with Crippen LogP contribution in [0.1, 0.15) is 32.9 Å². The van der Waals surface area contributed by atoms with Crippen molar-refractivity contribution in [2.75, 3.05) is 30.4 Å². The molecule has 0 saturated carbocycles. The second-order valence-electron chi connectivity index (χ2n) is 8.48. The second kappa shape index (κ2) is 9.19. The van der Waals surface area contributed by atoms with Crippen LogP contribution in [-0.2, 0) is 14.3 Å². The second-order valence-corrected chi connectivity index (χ2v) is 8.48. The molecule has 1 fully saturated rings. The van der Waals surface area contributed by atoms with Crippen LogP contribution in [0.4, 0.5) is 22.4 Å². The number of anilines is 3. The molecule has 11 nitrogen and oxygen atoms in total. The SMILES string of the molecule is COC(=O)[C@@H]1C[C@@H](NC(=O)OC(C)(C)C)CN(c2nc(C)cc(Nc3cc[nH]n3)n2)C1. The number of alkyl carbamates (subject to hydrolysis) is 1. The summed E-state index contributed by atoms with van der Waals surface area (Å²) >= 11 is 0. The van der Waals surface area contributed by atoms with Crippen molar-refractivity contribution in [3.8, 4) is 0 Å². The summed E-state index contributed by atoms with van der Waals surface area (Å²) in [7, 11) is 1.35. The number of ether oxygens (including phenoxy) is 2. The number of rotatable bonds is 5. The minimum atomic E-state index is -0.618. The lowest BCUT2D eigenvalue weighted by molar-refractivity contribution is -0.146. The highest BCUT2D eigenvalue weighted by atomic mass is 16.6. The van der Waals surface area contributed by atoms with Gasteiger partial charge in [-0.1, -0.05) is 0 Å². The van der Waals surface area contributed by atoms with Crippen molar-refractivity contribution in [3.05, 3.63) is 24.0 Å². The van der Waals surface area contributed by atoms with Crippen LogP contribution in [0.3, 0.4) is 0 Å². The molecule has 1 amide bonds. The fourth-order valence-electron chi connectivity index (χ4n) is 3.40. The quantitative estimate of drug-likeness (QED) is 0.609. The number of esters is 1. The van der Waals surface area contributed by atoms with Crippen LogP contribution in [0.25, 0.3) is 0 Å². The molecule has 1 saturated heterocycles. The van der Waals surface area contributed by atoms with Crippen molar-refractivity contribution in [2.24, 2.45) is 5.92 Å². The largest absolute Gasteiger partial charge is 0.469 e. The van der Waals surface area contributed by atoms with Crippen molar-refractivity contribution < 1.29 is 19.1 Å². The molecule has 3 rings (SSSR count). The average Bonchev–Trinajstić information content (AvgIpc) is 3.18. The predicted octanol–water partition coefficient (Wildman–Crippen LogP) is 2.14. The maximum absolute atomic E-state index is 12.3. The number of piperidine rings is 1. The Labute approximate surface area is 180 Å². The van der Waals surface area contributed by atoms with E-state index < -0.39 is 17.6 Å². The van der Waals surface area contributed by atoms with E-state index in [0.29, 0.717) is 37.1 Å². The first kappa shape index (κ1) is 22.3. The number of methoxy groups -OCH3 is 1. The highest BCUT2D eigenvalue weighted by Crippen LogP contribution is 2.24. The van der Waals surface area contributed by atoms with Crippen LogP contribution in [0, 0.1) is 12.8 Å². The van der Waals surface area contributed by atoms with Gasteiger partial charge in [0, 0.05) is 37.1 Å². The van der Waals surface area contributed by atoms with E-state index in [1.54, 1.807) is 39.1 Å². The number of carbonyl (C=O) groups excluding carboxylic acids is 2. The van der Waals surface area contributed by atoms with Gasteiger partial charge in [-0.2, -0.15) is 10.1 Å². The topological polar surface area (TPSA) is 134 Å². The number of hydrogen-bond acceptors (Lipinski definition) is 9. The molecule has 1 aliphatic heterocycles. The van der Waals surface area contributed by atoms with E-state index in [-0.39, 0.29) is 12.0 Å². The van der Waals surface area contributed by atoms with Crippen molar-refractivity contribution >= 4 is 29.6 Å². The van der Waals surface area contributed by atoms with Crippen LogP contribution in [0.2, 0.25) is 0 Å². The minimum absolute atomic E-state index is 0.334. The standard InChI is InChI=1S/C20H29N7O4/c1-12-8-16(24-15-6-7-21-26-15)25-18(22-12)27-10-13(17(28)30-5)9-14(11-27)23-19(29)31-20(2,3)4/h6-8,13-14H,9-11H2,1-5H3,(H,23,29)(H2,21,22,24,25,26)/t13-,14-/m1/s1. The summed E-state index contributed by atoms with van der Waals surface area (Å²) in [5, 5.41) is 12.8. The van der Waals surface area contributed by atoms with Gasteiger partial charge in [-0.25, -0.2) is 9.78 Å². The maximum Gasteiger partial charge on any atom is 0.407 e. The number of H-pyrrole nitrogens is 1. The average molecular weight is 431 g/mol. The molecule has 3 N–H and O–H groups in total. The minimum Gasteiger partial charge on any atom is -0.469 e. The Morgan fingerprint density at radius 1 is 1.23 bits per heavy atom. The highest BCUT2D eigenvalue weighted by molar-refractivity contribution is 5.74. The highest BCUT2D eigenvalue weighted by Gasteiger charge is 2.35. The van der Waals surface area contributed by atoms with E-state index in [0.717, 1.165) is 5.69 Å². The number of aryl methyl sites for hydroxylation is 1. The zero-order valence-corrected chi connectivity index (χ0v) is 18.4. The number of carbonyl (C=O) groups is 2. The molecule has 0 aliphatic carbocycles. The molecule has 0 aromatic carbocycles. The number of aromatic amines is 1. The predicted molar refractivity (Wildman–Crippen MR) is 114 cm³/mol. The molecular weight excluding hydrogens is 402 g/mol. The van der Waals surface area contributed by atoms with Crippen LogP contribution < -0.4 is 15.5 Å². The first-order valence-corrected chi connectivity index (χ1v) is 10.1. The summed E-state index contributed by atoms with van der Waals surface area (Å²) in [6.45, 7) is 8.06. The number of amides is 1. The third kappa shape index (κ3) is 6.30. The van der Waals surface area contributed by atoms with E-state index in [9.17, 15) is 9.59 Å². The molecule has 2 aromatic heterocycles. The van der Waals surface area contributed by atoms with Gasteiger partial charge in [0.2, 0.25) is 5.95 Å². The zero-order chi connectivity index (χ0) is 22.6. The van der Waals surface area contributed by atoms with Crippen molar-refractivity contribution in [1.82, 2.24) is 25.5 Å². The van der Waals surface area contributed by atoms with Gasteiger partial charge < -0.3 is 25.0 Å². The number of nitrogens with one attached hydrogen (secondary N) is 3. The molecule has 2 aromatic rings. The molecule has 31 heavy (non-hydrogen) atoms. The Kier molecular flexibility index (Phi) is 6.62. The molecule has 2 atom stereocenters. The van der Waals surface area contributed by atoms with E-state index >= 15 is 0 Å². The van der Waals surface area contributed by atoms with Gasteiger partial charge in [0.25, 0.3) is 0 Å². The molecule has 168 valence electrons. The Morgan fingerprint density at radius 2 is 2.00 bits per heavy atom. The lowest BCUT2D eigenvalue weighted by atomic mass is 9.94. The monoisotopic (exact) mass is 431 g/mol. The van der Waals surface area contributed by atoms with Crippen molar-refractivity contribution in [3.63, 3.8) is 0 Å². The molecule has 1 aliphatic rings. The first-order chi connectivity index (χ1) is 14.6. The smallest absolute Gasteiger partial charge is 0.407 e. The fraction of sp³-hybridized carbons (Fsp3) is 0.550. The van der Waals surface area contributed by atoms with Crippen LogP contribution in [0.5, 0.6) is 0 Å². The number of nitrogens with zero attached hydrogens (tertiary/aromatic N) is 4. The number of hydrogen-bond donors (Lipinski definition) is 3. The van der Waals surface area contributed by atoms with Crippen LogP contribution >= 0.6 is 0 Å². The van der Waals surface area contributed by atoms with Crippen LogP contribution in [-0.4, -0.2) is 64.1 Å². The van der Waals surface area contributed by atoms with Gasteiger partial charge in [0.15, 0.2) is 5.82 Å². The summed E-state index contributed by atoms with van der Waals surface area (Å²) in [5.74, 6) is 0.863. The lowest BCUT2D eigenvalue weighted by Gasteiger charge is -2.37. The van der Waals surface area contributed by atoms with E-state index in [2.05, 4.69) is 30.8 Å². The number of aromatic nitrogens is 4. The Balaban J connectivity index is 1.80. The Morgan fingerprint density at radius 3 is 2.65 bits per heavy atom. The molecular formula is C20H29N7O4. The third-order valence-corrected chi connectivity index (χ3v) is 4.59. The molecule has 0 unspecified atom stereocenters. The fourth-order valence-corrected chi connectivity index (χ4v) is 3.40. The van der Waals surface area contributed by atoms with Gasteiger partial charge in [-0.15, -0.1) is 0 Å². The molecule has 0 spiro atoms. The Hall–Kier alpha value is -3.37. The van der Waals surface area contributed by atoms with Gasteiger partial charge in [-0.05, 0) is 34.1 Å². The van der Waals surface area contributed by atoms with Crippen LogP contribution in [0.15, 0.2) is 18.3 Å². The summed E-state index contributed by atoms with van der Waals surface area (Å²) in [5.41, 5.74) is 0.132. The van der Waals surface area contributed by atoms with Gasteiger partial charge in [0.05, 0.1) is 19.1 Å². The molecule has 0 bridgehead atoms.